The van der Waals surface area contributed by atoms with Crippen LogP contribution >= 0.6 is 11.6 Å². The number of carbonyl (C=O) groups is 1. The summed E-state index contributed by atoms with van der Waals surface area (Å²) in [6.07, 6.45) is 0.721. The highest BCUT2D eigenvalue weighted by Crippen LogP contribution is 2.34. The highest BCUT2D eigenvalue weighted by Gasteiger charge is 2.25. The van der Waals surface area contributed by atoms with E-state index >= 15 is 0 Å². The van der Waals surface area contributed by atoms with E-state index in [1.165, 1.54) is 0 Å². The highest BCUT2D eigenvalue weighted by atomic mass is 35.5. The average molecular weight is 375 g/mol. The average Bonchev–Trinajstić information content (AvgIpc) is 2.61. The first-order valence-electron chi connectivity index (χ1n) is 8.65. The molecule has 6 heteroatoms. The third-order valence-electron chi connectivity index (χ3n) is 4.28. The van der Waals surface area contributed by atoms with Crippen LogP contribution in [0.4, 0.5) is 4.79 Å². The van der Waals surface area contributed by atoms with Crippen molar-refractivity contribution in [1.29, 1.82) is 0 Å². The van der Waals surface area contributed by atoms with E-state index in [-0.39, 0.29) is 6.03 Å². The fraction of sp³-hybridized carbons (Fsp3) is 0.350. The zero-order valence-electron chi connectivity index (χ0n) is 15.0. The van der Waals surface area contributed by atoms with Gasteiger partial charge in [0.1, 0.15) is 13.2 Å². The number of hydrogen-bond donors (Lipinski definition) is 2. The van der Waals surface area contributed by atoms with Crippen molar-refractivity contribution < 1.29 is 14.3 Å². The predicted molar refractivity (Wildman–Crippen MR) is 102 cm³/mol. The Morgan fingerprint density at radius 1 is 1.12 bits per heavy atom. The minimum absolute atomic E-state index is 0.216. The molecule has 0 aliphatic carbocycles. The van der Waals surface area contributed by atoms with Gasteiger partial charge in [0.15, 0.2) is 11.5 Å². The molecule has 0 unspecified atom stereocenters. The maximum Gasteiger partial charge on any atom is 0.315 e. The molecule has 0 saturated heterocycles. The summed E-state index contributed by atoms with van der Waals surface area (Å²) in [5.74, 6) is 1.45. The van der Waals surface area contributed by atoms with Crippen LogP contribution in [-0.4, -0.2) is 25.8 Å². The number of amides is 2. The van der Waals surface area contributed by atoms with E-state index in [1.807, 2.05) is 56.3 Å². The molecular formula is C20H23ClN2O3. The number of rotatable bonds is 5. The normalized spacial score (nSPS) is 13.2. The van der Waals surface area contributed by atoms with Gasteiger partial charge in [0, 0.05) is 11.6 Å². The van der Waals surface area contributed by atoms with Crippen molar-refractivity contribution in [3.05, 3.63) is 58.6 Å². The number of nitrogens with one attached hydrogen (secondary N) is 2. The van der Waals surface area contributed by atoms with Gasteiger partial charge < -0.3 is 20.1 Å². The number of urea groups is 1. The lowest BCUT2D eigenvalue weighted by molar-refractivity contribution is 0.171. The largest absolute Gasteiger partial charge is 0.486 e. The first-order valence-corrected chi connectivity index (χ1v) is 9.02. The molecule has 0 saturated carbocycles. The van der Waals surface area contributed by atoms with E-state index in [1.54, 1.807) is 0 Å². The van der Waals surface area contributed by atoms with Crippen LogP contribution in [0.2, 0.25) is 5.02 Å². The second-order valence-electron chi connectivity index (χ2n) is 6.74. The number of hydrogen-bond acceptors (Lipinski definition) is 3. The van der Waals surface area contributed by atoms with Gasteiger partial charge in [-0.1, -0.05) is 29.8 Å². The zero-order chi connectivity index (χ0) is 18.6. The molecule has 0 fully saturated rings. The van der Waals surface area contributed by atoms with Crippen molar-refractivity contribution in [2.24, 2.45) is 0 Å². The molecule has 26 heavy (non-hydrogen) atoms. The molecular weight excluding hydrogens is 352 g/mol. The molecule has 0 radical (unpaired) electrons. The van der Waals surface area contributed by atoms with Gasteiger partial charge >= 0.3 is 6.03 Å². The number of benzene rings is 2. The number of fused-ring (bicyclic) bond motifs is 1. The molecule has 5 nitrogen and oxygen atoms in total. The molecule has 2 aromatic carbocycles. The van der Waals surface area contributed by atoms with Gasteiger partial charge in [0.25, 0.3) is 0 Å². The first kappa shape index (κ1) is 18.4. The van der Waals surface area contributed by atoms with Gasteiger partial charge in [-0.15, -0.1) is 0 Å². The summed E-state index contributed by atoms with van der Waals surface area (Å²) < 4.78 is 11.2. The Morgan fingerprint density at radius 2 is 1.88 bits per heavy atom. The van der Waals surface area contributed by atoms with Gasteiger partial charge in [-0.3, -0.25) is 0 Å². The van der Waals surface area contributed by atoms with Gasteiger partial charge in [0.05, 0.1) is 5.54 Å². The number of ether oxygens (including phenoxy) is 2. The fourth-order valence-corrected chi connectivity index (χ4v) is 3.06. The van der Waals surface area contributed by atoms with Crippen molar-refractivity contribution in [1.82, 2.24) is 10.6 Å². The Kier molecular flexibility index (Phi) is 5.57. The Balaban J connectivity index is 1.55. The molecule has 138 valence electrons. The third-order valence-corrected chi connectivity index (χ3v) is 4.51. The maximum atomic E-state index is 12.3. The summed E-state index contributed by atoms with van der Waals surface area (Å²) in [6.45, 7) is 5.53. The second-order valence-corrected chi connectivity index (χ2v) is 7.18. The van der Waals surface area contributed by atoms with Crippen molar-refractivity contribution >= 4 is 17.6 Å². The summed E-state index contributed by atoms with van der Waals surface area (Å²) in [5, 5.41) is 6.59. The standard InChI is InChI=1S/C20H23ClN2O3/c1-20(2,15-6-7-17-18(13-15)26-11-10-25-17)23-19(24)22-9-8-14-4-3-5-16(21)12-14/h3-7,12-13H,8-11H2,1-2H3,(H2,22,23,24). The predicted octanol–water partition coefficient (Wildman–Crippen LogP) is 3.89. The number of carbonyl (C=O) groups excluding carboxylic acids is 1. The molecule has 2 N–H and O–H groups in total. The summed E-state index contributed by atoms with van der Waals surface area (Å²) in [5.41, 5.74) is 1.49. The highest BCUT2D eigenvalue weighted by molar-refractivity contribution is 6.30. The van der Waals surface area contributed by atoms with Gasteiger partial charge in [-0.05, 0) is 55.7 Å². The summed E-state index contributed by atoms with van der Waals surface area (Å²) >= 11 is 5.97. The van der Waals surface area contributed by atoms with Crippen LogP contribution in [0.3, 0.4) is 0 Å². The summed E-state index contributed by atoms with van der Waals surface area (Å²) in [6, 6.07) is 13.2. The van der Waals surface area contributed by atoms with Crippen molar-refractivity contribution in [3.63, 3.8) is 0 Å². The number of halogens is 1. The second kappa shape index (κ2) is 7.87. The van der Waals surface area contributed by atoms with Crippen LogP contribution in [0.5, 0.6) is 11.5 Å². The molecule has 1 heterocycles. The summed E-state index contributed by atoms with van der Waals surface area (Å²) in [4.78, 5) is 12.3. The van der Waals surface area contributed by atoms with E-state index in [4.69, 9.17) is 21.1 Å². The molecule has 0 spiro atoms. The smallest absolute Gasteiger partial charge is 0.315 e. The Hall–Kier alpha value is -2.40. The molecule has 0 aromatic heterocycles. The van der Waals surface area contributed by atoms with Gasteiger partial charge in [-0.25, -0.2) is 4.79 Å². The molecule has 2 amide bonds. The van der Waals surface area contributed by atoms with Crippen molar-refractivity contribution in [2.75, 3.05) is 19.8 Å². The van der Waals surface area contributed by atoms with Crippen LogP contribution in [0, 0.1) is 0 Å². The Bertz CT molecular complexity index is 792. The Morgan fingerprint density at radius 3 is 2.65 bits per heavy atom. The van der Waals surface area contributed by atoms with E-state index in [0.29, 0.717) is 30.5 Å². The molecule has 1 aliphatic heterocycles. The molecule has 3 rings (SSSR count). The van der Waals surface area contributed by atoms with Gasteiger partial charge in [-0.2, -0.15) is 0 Å². The SMILES string of the molecule is CC(C)(NC(=O)NCCc1cccc(Cl)c1)c1ccc2c(c1)OCCO2. The van der Waals surface area contributed by atoms with Crippen LogP contribution in [-0.2, 0) is 12.0 Å². The van der Waals surface area contributed by atoms with E-state index in [9.17, 15) is 4.79 Å². The van der Waals surface area contributed by atoms with Crippen LogP contribution in [0.15, 0.2) is 42.5 Å². The quantitative estimate of drug-likeness (QED) is 0.834. The minimum atomic E-state index is -0.546. The molecule has 0 atom stereocenters. The topological polar surface area (TPSA) is 59.6 Å². The van der Waals surface area contributed by atoms with Crippen molar-refractivity contribution in [2.45, 2.75) is 25.8 Å². The fourth-order valence-electron chi connectivity index (χ4n) is 2.85. The van der Waals surface area contributed by atoms with Gasteiger partial charge in [0.2, 0.25) is 0 Å². The van der Waals surface area contributed by atoms with E-state index in [2.05, 4.69) is 10.6 Å². The lowest BCUT2D eigenvalue weighted by Crippen LogP contribution is -2.46. The van der Waals surface area contributed by atoms with Crippen LogP contribution in [0.1, 0.15) is 25.0 Å². The first-order chi connectivity index (χ1) is 12.4. The van der Waals surface area contributed by atoms with Crippen LogP contribution < -0.4 is 20.1 Å². The van der Waals surface area contributed by atoms with E-state index in [0.717, 1.165) is 23.3 Å². The summed E-state index contributed by atoms with van der Waals surface area (Å²) in [7, 11) is 0. The lowest BCUT2D eigenvalue weighted by Gasteiger charge is -2.28. The maximum absolute atomic E-state index is 12.3. The van der Waals surface area contributed by atoms with E-state index < -0.39 is 5.54 Å². The molecule has 0 bridgehead atoms. The third kappa shape index (κ3) is 4.61. The molecule has 1 aliphatic rings. The molecule has 2 aromatic rings. The van der Waals surface area contributed by atoms with Crippen LogP contribution in [0.25, 0.3) is 0 Å². The zero-order valence-corrected chi connectivity index (χ0v) is 15.7. The van der Waals surface area contributed by atoms with Crippen molar-refractivity contribution in [3.8, 4) is 11.5 Å². The lowest BCUT2D eigenvalue weighted by atomic mass is 9.94. The Labute approximate surface area is 158 Å². The minimum Gasteiger partial charge on any atom is -0.486 e. The monoisotopic (exact) mass is 374 g/mol.